The molecule has 26 heavy (non-hydrogen) atoms. The lowest BCUT2D eigenvalue weighted by molar-refractivity contribution is 0.223. The fraction of sp³-hybridized carbons (Fsp3) is 0.211. The smallest absolute Gasteiger partial charge is 0.342 e. The molecule has 0 saturated heterocycles. The molecule has 0 unspecified atom stereocenters. The first-order valence-electron chi connectivity index (χ1n) is 7.99. The summed E-state index contributed by atoms with van der Waals surface area (Å²) in [5.74, 6) is 1.41. The van der Waals surface area contributed by atoms with E-state index in [2.05, 4.69) is 15.9 Å². The summed E-state index contributed by atoms with van der Waals surface area (Å²) < 4.78 is 10.9. The Balaban J connectivity index is 1.79. The minimum Gasteiger partial charge on any atom is -0.490 e. The summed E-state index contributed by atoms with van der Waals surface area (Å²) in [5.41, 5.74) is 1.78. The van der Waals surface area contributed by atoms with E-state index in [1.807, 2.05) is 30.3 Å². The van der Waals surface area contributed by atoms with E-state index < -0.39 is 4.32 Å². The highest BCUT2D eigenvalue weighted by molar-refractivity contribution is 9.09. The summed E-state index contributed by atoms with van der Waals surface area (Å²) >= 11 is 18.1. The molecule has 2 aliphatic rings. The maximum absolute atomic E-state index is 12.9. The zero-order valence-electron chi connectivity index (χ0n) is 13.2. The van der Waals surface area contributed by atoms with Gasteiger partial charge in [0.1, 0.15) is 22.3 Å². The molecule has 3 nitrogen and oxygen atoms in total. The zero-order chi connectivity index (χ0) is 18.1. The van der Waals surface area contributed by atoms with Crippen LogP contribution in [0.25, 0.3) is 11.0 Å². The number of thioether (sulfide) groups is 1. The molecule has 0 spiro atoms. The average molecular weight is 470 g/mol. The van der Waals surface area contributed by atoms with Gasteiger partial charge in [0.05, 0.1) is 10.6 Å². The topological polar surface area (TPSA) is 39.4 Å². The predicted molar refractivity (Wildman–Crippen MR) is 109 cm³/mol. The van der Waals surface area contributed by atoms with Crippen molar-refractivity contribution in [2.24, 2.45) is 0 Å². The van der Waals surface area contributed by atoms with Gasteiger partial charge in [-0.1, -0.05) is 57.3 Å². The molecule has 132 valence electrons. The fourth-order valence-corrected chi connectivity index (χ4v) is 7.10. The van der Waals surface area contributed by atoms with E-state index in [9.17, 15) is 4.79 Å². The highest BCUT2D eigenvalue weighted by Gasteiger charge is 2.51. The molecule has 2 aliphatic heterocycles. The van der Waals surface area contributed by atoms with E-state index in [1.54, 1.807) is 17.8 Å². The van der Waals surface area contributed by atoms with E-state index in [0.717, 1.165) is 21.6 Å². The Hall–Kier alpha value is -1.14. The first-order chi connectivity index (χ1) is 12.5. The van der Waals surface area contributed by atoms with Gasteiger partial charge in [-0.3, -0.25) is 0 Å². The van der Waals surface area contributed by atoms with Crippen molar-refractivity contribution in [2.75, 3.05) is 12.4 Å². The minimum atomic E-state index is -0.681. The molecule has 0 radical (unpaired) electrons. The molecule has 0 aliphatic carbocycles. The van der Waals surface area contributed by atoms with Gasteiger partial charge in [-0.25, -0.2) is 4.79 Å². The number of ether oxygens (including phenoxy) is 1. The lowest BCUT2D eigenvalue weighted by atomic mass is 9.80. The van der Waals surface area contributed by atoms with Crippen molar-refractivity contribution in [1.29, 1.82) is 0 Å². The second-order valence-electron chi connectivity index (χ2n) is 6.41. The third-order valence-electron chi connectivity index (χ3n) is 4.97. The highest BCUT2D eigenvalue weighted by Crippen LogP contribution is 2.58. The molecule has 2 aromatic carbocycles. The summed E-state index contributed by atoms with van der Waals surface area (Å²) in [7, 11) is 0. The van der Waals surface area contributed by atoms with Crippen molar-refractivity contribution < 1.29 is 9.15 Å². The van der Waals surface area contributed by atoms with E-state index in [0.29, 0.717) is 33.5 Å². The van der Waals surface area contributed by atoms with Gasteiger partial charge >= 0.3 is 5.63 Å². The monoisotopic (exact) mass is 468 g/mol. The van der Waals surface area contributed by atoms with E-state index in [4.69, 9.17) is 32.4 Å². The molecular weight excluding hydrogens is 459 g/mol. The molecule has 5 rings (SSSR count). The van der Waals surface area contributed by atoms with Gasteiger partial charge in [0.25, 0.3) is 0 Å². The van der Waals surface area contributed by atoms with Crippen LogP contribution in [0.15, 0.2) is 50.5 Å². The molecule has 0 amide bonds. The standard InChI is InChI=1S/C19H11BrCl2O3S/c20-19-8-24-16-11(5-9(21)6-13(16)22)12(19)7-26-17-10-3-1-2-4-14(10)25-18(23)15(17)19/h1-6,12H,7-8H2/t12-,19-/m1/s1. The SMILES string of the molecule is O=c1oc2ccccc2c2c1[C@@]1(Br)COc3c(Cl)cc(Cl)cc3[C@H]1CS2. The van der Waals surface area contributed by atoms with Gasteiger partial charge in [0, 0.05) is 32.5 Å². The van der Waals surface area contributed by atoms with Crippen LogP contribution in [0.3, 0.4) is 0 Å². The van der Waals surface area contributed by atoms with Crippen LogP contribution in [-0.2, 0) is 4.32 Å². The summed E-state index contributed by atoms with van der Waals surface area (Å²) in [5, 5.41) is 1.98. The molecule has 3 heterocycles. The van der Waals surface area contributed by atoms with Crippen LogP contribution in [0.5, 0.6) is 5.75 Å². The highest BCUT2D eigenvalue weighted by atomic mass is 79.9. The lowest BCUT2D eigenvalue weighted by Crippen LogP contribution is -2.44. The Morgan fingerprint density at radius 2 is 2.04 bits per heavy atom. The largest absolute Gasteiger partial charge is 0.490 e. The Morgan fingerprint density at radius 3 is 2.88 bits per heavy atom. The first kappa shape index (κ1) is 17.0. The maximum Gasteiger partial charge on any atom is 0.342 e. The third-order valence-corrected chi connectivity index (χ3v) is 7.86. The van der Waals surface area contributed by atoms with Gasteiger partial charge < -0.3 is 9.15 Å². The van der Waals surface area contributed by atoms with Crippen molar-refractivity contribution in [2.45, 2.75) is 15.1 Å². The minimum absolute atomic E-state index is 0.0102. The van der Waals surface area contributed by atoms with E-state index in [1.165, 1.54) is 0 Å². The number of halogens is 3. The number of alkyl halides is 1. The molecule has 0 bridgehead atoms. The average Bonchev–Trinajstić information content (AvgIpc) is 2.60. The predicted octanol–water partition coefficient (Wildman–Crippen LogP) is 5.97. The maximum atomic E-state index is 12.9. The Labute approximate surface area is 171 Å². The number of hydrogen-bond acceptors (Lipinski definition) is 4. The molecule has 0 N–H and O–H groups in total. The van der Waals surface area contributed by atoms with Gasteiger partial charge in [-0.2, -0.15) is 0 Å². The zero-order valence-corrected chi connectivity index (χ0v) is 17.1. The summed E-state index contributed by atoms with van der Waals surface area (Å²) in [6.07, 6.45) is 0. The quantitative estimate of drug-likeness (QED) is 0.300. The van der Waals surface area contributed by atoms with Crippen molar-refractivity contribution in [3.8, 4) is 5.75 Å². The summed E-state index contributed by atoms with van der Waals surface area (Å²) in [6, 6.07) is 11.2. The second-order valence-corrected chi connectivity index (χ2v) is 9.70. The van der Waals surface area contributed by atoms with E-state index >= 15 is 0 Å². The Bertz CT molecular complexity index is 1130. The third kappa shape index (κ3) is 2.30. The van der Waals surface area contributed by atoms with Crippen molar-refractivity contribution in [1.82, 2.24) is 0 Å². The molecule has 1 aromatic heterocycles. The first-order valence-corrected chi connectivity index (χ1v) is 10.5. The number of para-hydroxylation sites is 1. The van der Waals surface area contributed by atoms with Gasteiger partial charge in [-0.15, -0.1) is 11.8 Å². The van der Waals surface area contributed by atoms with Crippen LogP contribution in [-0.4, -0.2) is 12.4 Å². The van der Waals surface area contributed by atoms with Crippen LogP contribution < -0.4 is 10.4 Å². The van der Waals surface area contributed by atoms with Crippen molar-refractivity contribution in [3.05, 3.63) is 68.0 Å². The number of fused-ring (bicyclic) bond motifs is 7. The summed E-state index contributed by atoms with van der Waals surface area (Å²) in [4.78, 5) is 13.8. The lowest BCUT2D eigenvalue weighted by Gasteiger charge is -2.44. The van der Waals surface area contributed by atoms with Gasteiger partial charge in [0.15, 0.2) is 0 Å². The van der Waals surface area contributed by atoms with Crippen LogP contribution in [0.1, 0.15) is 17.0 Å². The molecule has 2 atom stereocenters. The molecule has 3 aromatic rings. The van der Waals surface area contributed by atoms with Crippen LogP contribution in [0.4, 0.5) is 0 Å². The van der Waals surface area contributed by atoms with Crippen molar-refractivity contribution in [3.63, 3.8) is 0 Å². The van der Waals surface area contributed by atoms with Gasteiger partial charge in [0.2, 0.25) is 0 Å². The number of hydrogen-bond donors (Lipinski definition) is 0. The molecule has 0 saturated carbocycles. The second kappa shape index (κ2) is 5.93. The van der Waals surface area contributed by atoms with Crippen LogP contribution >= 0.6 is 50.9 Å². The normalized spacial score (nSPS) is 23.7. The number of rotatable bonds is 0. The van der Waals surface area contributed by atoms with Crippen LogP contribution in [0, 0.1) is 0 Å². The Kier molecular flexibility index (Phi) is 3.87. The number of benzene rings is 2. The fourth-order valence-electron chi connectivity index (χ4n) is 3.78. The molecule has 7 heteroatoms. The van der Waals surface area contributed by atoms with Gasteiger partial charge in [-0.05, 0) is 18.2 Å². The Morgan fingerprint density at radius 1 is 1.23 bits per heavy atom. The van der Waals surface area contributed by atoms with Crippen LogP contribution in [0.2, 0.25) is 10.0 Å². The molecule has 0 fully saturated rings. The van der Waals surface area contributed by atoms with E-state index in [-0.39, 0.29) is 11.5 Å². The van der Waals surface area contributed by atoms with Crippen molar-refractivity contribution >= 4 is 61.9 Å². The molecular formula is C19H11BrCl2O3S. The summed E-state index contributed by atoms with van der Waals surface area (Å²) in [6.45, 7) is 0.294.